The highest BCUT2D eigenvalue weighted by Crippen LogP contribution is 2.13. The third kappa shape index (κ3) is 3.15. The van der Waals surface area contributed by atoms with Crippen LogP contribution >= 0.6 is 0 Å². The quantitative estimate of drug-likeness (QED) is 0.816. The molecule has 1 aromatic rings. The third-order valence-corrected chi connectivity index (χ3v) is 4.29. The van der Waals surface area contributed by atoms with Crippen LogP contribution in [0.1, 0.15) is 11.1 Å². The Balaban J connectivity index is 1.48. The minimum atomic E-state index is 0.133. The predicted octanol–water partition coefficient (Wildman–Crippen LogP) is 0.268. The summed E-state index contributed by atoms with van der Waals surface area (Å²) in [5.74, 6) is 0. The number of hydrogen-bond donors (Lipinski definition) is 2. The third-order valence-electron chi connectivity index (χ3n) is 4.29. The van der Waals surface area contributed by atoms with Crippen molar-refractivity contribution in [3.63, 3.8) is 0 Å². The van der Waals surface area contributed by atoms with Crippen molar-refractivity contribution in [2.24, 2.45) is 0 Å². The van der Waals surface area contributed by atoms with Gasteiger partial charge in [0.1, 0.15) is 0 Å². The first-order valence-corrected chi connectivity index (χ1v) is 7.21. The molecule has 0 spiro atoms. The summed E-state index contributed by atoms with van der Waals surface area (Å²) in [7, 11) is 0. The first-order valence-electron chi connectivity index (χ1n) is 7.21. The minimum Gasteiger partial charge on any atom is -0.392 e. The van der Waals surface area contributed by atoms with Crippen molar-refractivity contribution < 1.29 is 5.11 Å². The van der Waals surface area contributed by atoms with Crippen molar-refractivity contribution in [2.45, 2.75) is 19.2 Å². The van der Waals surface area contributed by atoms with Gasteiger partial charge in [-0.25, -0.2) is 0 Å². The maximum Gasteiger partial charge on any atom is 0.0681 e. The first-order chi connectivity index (χ1) is 9.35. The molecule has 3 rings (SSSR count). The Morgan fingerprint density at radius 2 is 1.63 bits per heavy atom. The Morgan fingerprint density at radius 1 is 1.00 bits per heavy atom. The largest absolute Gasteiger partial charge is 0.392 e. The smallest absolute Gasteiger partial charge is 0.0681 e. The Morgan fingerprint density at radius 3 is 2.16 bits per heavy atom. The van der Waals surface area contributed by atoms with Crippen molar-refractivity contribution in [1.29, 1.82) is 0 Å². The van der Waals surface area contributed by atoms with Gasteiger partial charge in [0, 0.05) is 51.9 Å². The van der Waals surface area contributed by atoms with Gasteiger partial charge in [0.25, 0.3) is 0 Å². The van der Waals surface area contributed by atoms with E-state index in [-0.39, 0.29) is 6.61 Å². The van der Waals surface area contributed by atoms with Gasteiger partial charge in [-0.3, -0.25) is 9.80 Å². The van der Waals surface area contributed by atoms with E-state index in [2.05, 4.69) is 27.2 Å². The molecule has 0 bridgehead atoms. The molecule has 0 aliphatic carbocycles. The van der Waals surface area contributed by atoms with Gasteiger partial charge >= 0.3 is 0 Å². The lowest BCUT2D eigenvalue weighted by molar-refractivity contribution is 0.0695. The van der Waals surface area contributed by atoms with Crippen LogP contribution in [0.15, 0.2) is 24.3 Å². The lowest BCUT2D eigenvalue weighted by Gasteiger charge is -2.43. The number of aliphatic hydroxyl groups is 1. The van der Waals surface area contributed by atoms with Gasteiger partial charge in [-0.15, -0.1) is 0 Å². The Hall–Kier alpha value is -0.940. The fraction of sp³-hybridized carbons (Fsp3) is 0.600. The average molecular weight is 261 g/mol. The fourth-order valence-corrected chi connectivity index (χ4v) is 2.83. The topological polar surface area (TPSA) is 38.7 Å². The van der Waals surface area contributed by atoms with Crippen LogP contribution in [0.2, 0.25) is 0 Å². The monoisotopic (exact) mass is 261 g/mol. The van der Waals surface area contributed by atoms with Gasteiger partial charge in [-0.2, -0.15) is 0 Å². The van der Waals surface area contributed by atoms with Gasteiger partial charge in [0.15, 0.2) is 0 Å². The van der Waals surface area contributed by atoms with Crippen LogP contribution in [0.5, 0.6) is 0 Å². The van der Waals surface area contributed by atoms with Crippen LogP contribution < -0.4 is 5.32 Å². The Kier molecular flexibility index (Phi) is 4.13. The van der Waals surface area contributed by atoms with E-state index in [1.165, 1.54) is 31.7 Å². The zero-order valence-corrected chi connectivity index (χ0v) is 11.4. The maximum absolute atomic E-state index is 9.04. The van der Waals surface area contributed by atoms with Gasteiger partial charge in [0.05, 0.1) is 6.61 Å². The molecule has 2 saturated heterocycles. The zero-order valence-electron chi connectivity index (χ0n) is 11.4. The summed E-state index contributed by atoms with van der Waals surface area (Å²) in [5, 5.41) is 12.4. The van der Waals surface area contributed by atoms with Crippen molar-refractivity contribution in [2.75, 3.05) is 39.3 Å². The first kappa shape index (κ1) is 13.1. The van der Waals surface area contributed by atoms with Crippen LogP contribution in [0.4, 0.5) is 0 Å². The number of rotatable bonds is 4. The number of nitrogens with one attached hydrogen (secondary N) is 1. The van der Waals surface area contributed by atoms with Crippen LogP contribution in [0, 0.1) is 0 Å². The normalized spacial score (nSPS) is 22.4. The highest BCUT2D eigenvalue weighted by Gasteiger charge is 2.27. The molecule has 0 unspecified atom stereocenters. The van der Waals surface area contributed by atoms with Crippen molar-refractivity contribution >= 4 is 0 Å². The molecular formula is C15H23N3O. The number of aliphatic hydroxyl groups excluding tert-OH is 1. The summed E-state index contributed by atoms with van der Waals surface area (Å²) in [6.45, 7) is 8.22. The number of benzene rings is 1. The van der Waals surface area contributed by atoms with E-state index in [4.69, 9.17) is 5.11 Å². The maximum atomic E-state index is 9.04. The molecular weight excluding hydrogens is 238 g/mol. The summed E-state index contributed by atoms with van der Waals surface area (Å²) >= 11 is 0. The molecule has 0 aromatic heterocycles. The van der Waals surface area contributed by atoms with Crippen LogP contribution in [-0.2, 0) is 13.2 Å². The molecule has 2 heterocycles. The van der Waals surface area contributed by atoms with Crippen LogP contribution in [-0.4, -0.2) is 60.2 Å². The number of piperazine rings is 1. The second-order valence-corrected chi connectivity index (χ2v) is 5.60. The fourth-order valence-electron chi connectivity index (χ4n) is 2.83. The van der Waals surface area contributed by atoms with E-state index in [9.17, 15) is 0 Å². The molecule has 2 aliphatic rings. The van der Waals surface area contributed by atoms with Crippen LogP contribution in [0.25, 0.3) is 0 Å². The van der Waals surface area contributed by atoms with Crippen molar-refractivity contribution in [1.82, 2.24) is 15.1 Å². The summed E-state index contributed by atoms with van der Waals surface area (Å²) in [4.78, 5) is 5.14. The SMILES string of the molecule is OCc1ccc(CN2CCN(C3CNC3)CC2)cc1. The Labute approximate surface area is 115 Å². The molecule has 4 heteroatoms. The van der Waals surface area contributed by atoms with Gasteiger partial charge in [-0.1, -0.05) is 24.3 Å². The van der Waals surface area contributed by atoms with Crippen molar-refractivity contribution in [3.8, 4) is 0 Å². The molecule has 104 valence electrons. The summed E-state index contributed by atoms with van der Waals surface area (Å²) in [6.07, 6.45) is 0. The average Bonchev–Trinajstić information content (AvgIpc) is 2.40. The molecule has 0 amide bonds. The second-order valence-electron chi connectivity index (χ2n) is 5.60. The van der Waals surface area contributed by atoms with E-state index in [1.54, 1.807) is 0 Å². The second kappa shape index (κ2) is 6.01. The minimum absolute atomic E-state index is 0.133. The zero-order chi connectivity index (χ0) is 13.1. The predicted molar refractivity (Wildman–Crippen MR) is 75.9 cm³/mol. The standard InChI is InChI=1S/C15H23N3O/c19-12-14-3-1-13(2-4-14)11-17-5-7-18(8-6-17)15-9-16-10-15/h1-4,15-16,19H,5-12H2. The number of hydrogen-bond acceptors (Lipinski definition) is 4. The molecule has 2 aliphatic heterocycles. The van der Waals surface area contributed by atoms with E-state index < -0.39 is 0 Å². The summed E-state index contributed by atoms with van der Waals surface area (Å²) < 4.78 is 0. The van der Waals surface area contributed by atoms with Gasteiger partial charge in [0.2, 0.25) is 0 Å². The lowest BCUT2D eigenvalue weighted by Crippen LogP contribution is -2.61. The highest BCUT2D eigenvalue weighted by molar-refractivity contribution is 5.21. The van der Waals surface area contributed by atoms with Crippen molar-refractivity contribution in [3.05, 3.63) is 35.4 Å². The molecule has 2 N–H and O–H groups in total. The molecule has 0 saturated carbocycles. The summed E-state index contributed by atoms with van der Waals surface area (Å²) in [5.41, 5.74) is 2.34. The molecule has 2 fully saturated rings. The van der Waals surface area contributed by atoms with Crippen LogP contribution in [0.3, 0.4) is 0 Å². The number of nitrogens with zero attached hydrogens (tertiary/aromatic N) is 2. The molecule has 0 atom stereocenters. The Bertz CT molecular complexity index is 394. The molecule has 19 heavy (non-hydrogen) atoms. The van der Waals surface area contributed by atoms with Gasteiger partial charge < -0.3 is 10.4 Å². The van der Waals surface area contributed by atoms with E-state index >= 15 is 0 Å². The van der Waals surface area contributed by atoms with E-state index in [0.717, 1.165) is 31.2 Å². The van der Waals surface area contributed by atoms with E-state index in [0.29, 0.717) is 0 Å². The van der Waals surface area contributed by atoms with E-state index in [1.807, 2.05) is 12.1 Å². The summed E-state index contributed by atoms with van der Waals surface area (Å²) in [6, 6.07) is 9.09. The molecule has 1 aromatic carbocycles. The molecule has 0 radical (unpaired) electrons. The highest BCUT2D eigenvalue weighted by atomic mass is 16.3. The molecule has 4 nitrogen and oxygen atoms in total. The lowest BCUT2D eigenvalue weighted by atomic mass is 10.1. The van der Waals surface area contributed by atoms with Gasteiger partial charge in [-0.05, 0) is 11.1 Å².